The number of likely N-dealkylation sites (tertiary alicyclic amines) is 1. The van der Waals surface area contributed by atoms with E-state index in [1.165, 1.54) is 37.9 Å². The smallest absolute Gasteiger partial charge is 0.191 e. The van der Waals surface area contributed by atoms with Crippen molar-refractivity contribution in [2.24, 2.45) is 10.9 Å². The quantitative estimate of drug-likeness (QED) is 0.394. The Morgan fingerprint density at radius 1 is 1.22 bits per heavy atom. The molecule has 1 aliphatic carbocycles. The molecule has 1 aliphatic heterocycles. The van der Waals surface area contributed by atoms with Crippen LogP contribution in [0.25, 0.3) is 0 Å². The van der Waals surface area contributed by atoms with Crippen molar-refractivity contribution in [1.29, 1.82) is 0 Å². The molecule has 150 valence electrons. The molecule has 0 bridgehead atoms. The molecule has 27 heavy (non-hydrogen) atoms. The lowest BCUT2D eigenvalue weighted by Gasteiger charge is -2.18. The summed E-state index contributed by atoms with van der Waals surface area (Å²) in [5, 5.41) is 6.92. The molecule has 2 N–H and O–H groups in total. The third-order valence-electron chi connectivity index (χ3n) is 5.38. The molecule has 0 spiro atoms. The summed E-state index contributed by atoms with van der Waals surface area (Å²) >= 11 is 0. The molecule has 1 aromatic carbocycles. The van der Waals surface area contributed by atoms with Gasteiger partial charge in [0.15, 0.2) is 5.96 Å². The zero-order chi connectivity index (χ0) is 19.1. The van der Waals surface area contributed by atoms with Crippen LogP contribution >= 0.6 is 0 Å². The van der Waals surface area contributed by atoms with Crippen LogP contribution in [0.15, 0.2) is 23.2 Å². The van der Waals surface area contributed by atoms with Crippen molar-refractivity contribution in [2.45, 2.75) is 38.8 Å². The van der Waals surface area contributed by atoms with Crippen LogP contribution in [0.5, 0.6) is 5.75 Å². The first-order chi connectivity index (χ1) is 13.2. The normalized spacial score (nSPS) is 20.7. The summed E-state index contributed by atoms with van der Waals surface area (Å²) < 4.78 is 11.0. The summed E-state index contributed by atoms with van der Waals surface area (Å²) in [5.74, 6) is 2.48. The van der Waals surface area contributed by atoms with Crippen LogP contribution in [0, 0.1) is 12.8 Å². The number of nitrogens with zero attached hydrogens (tertiary/aromatic N) is 2. The Kier molecular flexibility index (Phi) is 7.35. The van der Waals surface area contributed by atoms with Gasteiger partial charge in [-0.1, -0.05) is 12.1 Å². The van der Waals surface area contributed by atoms with Gasteiger partial charge in [0.25, 0.3) is 0 Å². The van der Waals surface area contributed by atoms with Crippen LogP contribution < -0.4 is 15.4 Å². The number of hydrogen-bond acceptors (Lipinski definition) is 4. The fourth-order valence-corrected chi connectivity index (χ4v) is 3.62. The van der Waals surface area contributed by atoms with Gasteiger partial charge in [-0.3, -0.25) is 4.99 Å². The zero-order valence-corrected chi connectivity index (χ0v) is 17.0. The molecule has 1 atom stereocenters. The highest BCUT2D eigenvalue weighted by Crippen LogP contribution is 2.31. The Balaban J connectivity index is 1.46. The van der Waals surface area contributed by atoms with Crippen molar-refractivity contribution in [3.63, 3.8) is 0 Å². The molecule has 0 aromatic heterocycles. The average Bonchev–Trinajstić information content (AvgIpc) is 3.42. The van der Waals surface area contributed by atoms with Gasteiger partial charge in [0.05, 0.1) is 6.61 Å². The molecule has 3 rings (SSSR count). The van der Waals surface area contributed by atoms with Crippen LogP contribution in [0.2, 0.25) is 0 Å². The Morgan fingerprint density at radius 3 is 2.81 bits per heavy atom. The van der Waals surface area contributed by atoms with Gasteiger partial charge in [-0.25, -0.2) is 0 Å². The topological polar surface area (TPSA) is 58.1 Å². The van der Waals surface area contributed by atoms with Gasteiger partial charge in [0, 0.05) is 45.4 Å². The van der Waals surface area contributed by atoms with Crippen LogP contribution in [0.3, 0.4) is 0 Å². The zero-order valence-electron chi connectivity index (χ0n) is 17.0. The van der Waals surface area contributed by atoms with Crippen molar-refractivity contribution < 1.29 is 9.47 Å². The van der Waals surface area contributed by atoms with Gasteiger partial charge in [-0.15, -0.1) is 0 Å². The first-order valence-corrected chi connectivity index (χ1v) is 10.1. The predicted octanol–water partition coefficient (Wildman–Crippen LogP) is 2.17. The molecule has 1 unspecified atom stereocenters. The Hall–Kier alpha value is -1.79. The van der Waals surface area contributed by atoms with Gasteiger partial charge >= 0.3 is 0 Å². The fourth-order valence-electron chi connectivity index (χ4n) is 3.62. The summed E-state index contributed by atoms with van der Waals surface area (Å²) in [5.41, 5.74) is 2.32. The summed E-state index contributed by atoms with van der Waals surface area (Å²) in [4.78, 5) is 7.02. The molecule has 1 saturated carbocycles. The van der Waals surface area contributed by atoms with E-state index in [1.807, 2.05) is 7.05 Å². The van der Waals surface area contributed by atoms with E-state index in [2.05, 4.69) is 45.6 Å². The van der Waals surface area contributed by atoms with E-state index in [1.54, 1.807) is 7.11 Å². The highest BCUT2D eigenvalue weighted by atomic mass is 16.5. The van der Waals surface area contributed by atoms with Crippen LogP contribution in [0.4, 0.5) is 0 Å². The number of nitrogens with one attached hydrogen (secondary N) is 2. The molecule has 1 aromatic rings. The molecule has 1 saturated heterocycles. The van der Waals surface area contributed by atoms with Gasteiger partial charge in [0.2, 0.25) is 0 Å². The molecule has 6 nitrogen and oxygen atoms in total. The molecule has 1 heterocycles. The van der Waals surface area contributed by atoms with Gasteiger partial charge in [0.1, 0.15) is 12.4 Å². The minimum Gasteiger partial charge on any atom is -0.491 e. The summed E-state index contributed by atoms with van der Waals surface area (Å²) in [6.07, 6.45) is 4.08. The van der Waals surface area contributed by atoms with Gasteiger partial charge in [-0.2, -0.15) is 0 Å². The maximum Gasteiger partial charge on any atom is 0.191 e. The largest absolute Gasteiger partial charge is 0.491 e. The number of aliphatic imine (C=N–C) groups is 1. The third kappa shape index (κ3) is 6.11. The molecule has 6 heteroatoms. The lowest BCUT2D eigenvalue weighted by atomic mass is 10.1. The maximum absolute atomic E-state index is 5.87. The van der Waals surface area contributed by atoms with Crippen molar-refractivity contribution in [2.75, 3.05) is 47.0 Å². The van der Waals surface area contributed by atoms with E-state index >= 15 is 0 Å². The van der Waals surface area contributed by atoms with Crippen molar-refractivity contribution in [1.82, 2.24) is 15.5 Å². The Bertz CT molecular complexity index is 631. The molecular weight excluding hydrogens is 340 g/mol. The Morgan fingerprint density at radius 2 is 2.07 bits per heavy atom. The molecular formula is C21H34N4O2. The molecule has 0 amide bonds. The van der Waals surface area contributed by atoms with Gasteiger partial charge in [-0.05, 0) is 50.3 Å². The number of benzene rings is 1. The molecule has 2 fully saturated rings. The standard InChI is InChI=1S/C21H34N4O2/c1-16-4-5-18(20(12-16)27-11-10-26-3)14-24-21(22-2)23-13-17-8-9-25(15-17)19-6-7-19/h4-5,12,17,19H,6-11,13-15H2,1-3H3,(H2,22,23,24). The van der Waals surface area contributed by atoms with Crippen LogP contribution in [0.1, 0.15) is 30.4 Å². The lowest BCUT2D eigenvalue weighted by molar-refractivity contribution is 0.145. The number of guanidine groups is 1. The summed E-state index contributed by atoms with van der Waals surface area (Å²) in [6.45, 7) is 7.36. The summed E-state index contributed by atoms with van der Waals surface area (Å²) in [6, 6.07) is 7.18. The van der Waals surface area contributed by atoms with Crippen LogP contribution in [-0.4, -0.2) is 63.9 Å². The van der Waals surface area contributed by atoms with Crippen LogP contribution in [-0.2, 0) is 11.3 Å². The predicted molar refractivity (Wildman–Crippen MR) is 109 cm³/mol. The van der Waals surface area contributed by atoms with Gasteiger partial charge < -0.3 is 25.0 Å². The van der Waals surface area contributed by atoms with E-state index in [9.17, 15) is 0 Å². The second-order valence-corrected chi connectivity index (χ2v) is 7.64. The second kappa shape index (κ2) is 9.95. The highest BCUT2D eigenvalue weighted by molar-refractivity contribution is 5.79. The number of aryl methyl sites for hydroxylation is 1. The Labute approximate surface area is 163 Å². The molecule has 2 aliphatic rings. The van der Waals surface area contributed by atoms with Crippen molar-refractivity contribution in [3.05, 3.63) is 29.3 Å². The minimum atomic E-state index is 0.555. The minimum absolute atomic E-state index is 0.555. The lowest BCUT2D eigenvalue weighted by Crippen LogP contribution is -2.40. The second-order valence-electron chi connectivity index (χ2n) is 7.64. The number of hydrogen-bond donors (Lipinski definition) is 2. The van der Waals surface area contributed by atoms with E-state index in [4.69, 9.17) is 9.47 Å². The van der Waals surface area contributed by atoms with E-state index in [-0.39, 0.29) is 0 Å². The van der Waals surface area contributed by atoms with E-state index < -0.39 is 0 Å². The third-order valence-corrected chi connectivity index (χ3v) is 5.38. The molecule has 0 radical (unpaired) electrons. The van der Waals surface area contributed by atoms with Crippen molar-refractivity contribution >= 4 is 5.96 Å². The maximum atomic E-state index is 5.87. The van der Waals surface area contributed by atoms with E-state index in [0.717, 1.165) is 35.8 Å². The highest BCUT2D eigenvalue weighted by Gasteiger charge is 2.34. The monoisotopic (exact) mass is 374 g/mol. The first kappa shape index (κ1) is 20.0. The number of methoxy groups -OCH3 is 1. The fraction of sp³-hybridized carbons (Fsp3) is 0.667. The van der Waals surface area contributed by atoms with Crippen molar-refractivity contribution in [3.8, 4) is 5.75 Å². The SMILES string of the molecule is CN=C(NCc1ccc(C)cc1OCCOC)NCC1CCN(C2CC2)C1. The average molecular weight is 375 g/mol. The number of ether oxygens (including phenoxy) is 2. The number of rotatable bonds is 9. The first-order valence-electron chi connectivity index (χ1n) is 10.1. The summed E-state index contributed by atoms with van der Waals surface area (Å²) in [7, 11) is 3.51. The van der Waals surface area contributed by atoms with E-state index in [0.29, 0.717) is 19.8 Å².